The first-order chi connectivity index (χ1) is 10.4. The van der Waals surface area contributed by atoms with Gasteiger partial charge in [0.2, 0.25) is 17.7 Å². The third-order valence-corrected chi connectivity index (χ3v) is 3.23. The highest BCUT2D eigenvalue weighted by atomic mass is 16.6. The average molecular weight is 304 g/mol. The van der Waals surface area contributed by atoms with Gasteiger partial charge in [0.25, 0.3) is 0 Å². The summed E-state index contributed by atoms with van der Waals surface area (Å²) in [4.78, 5) is 47.7. The number of fused-ring (bicyclic) bond motifs is 1. The summed E-state index contributed by atoms with van der Waals surface area (Å²) in [6.07, 6.45) is -1.36. The van der Waals surface area contributed by atoms with Crippen LogP contribution in [-0.2, 0) is 14.3 Å². The quantitative estimate of drug-likeness (QED) is 0.480. The summed E-state index contributed by atoms with van der Waals surface area (Å²) in [6.45, 7) is 4.83. The van der Waals surface area contributed by atoms with Crippen LogP contribution in [0.1, 0.15) is 47.9 Å². The molecule has 6 nitrogen and oxygen atoms in total. The number of esters is 2. The Labute approximate surface area is 127 Å². The highest BCUT2D eigenvalue weighted by Crippen LogP contribution is 2.32. The largest absolute Gasteiger partial charge is 0.445 e. The maximum Gasteiger partial charge on any atom is 0.310 e. The molecule has 1 aliphatic carbocycles. The van der Waals surface area contributed by atoms with Gasteiger partial charge in [-0.1, -0.05) is 32.9 Å². The van der Waals surface area contributed by atoms with E-state index in [1.54, 1.807) is 20.8 Å². The van der Waals surface area contributed by atoms with Crippen molar-refractivity contribution >= 4 is 23.5 Å². The van der Waals surface area contributed by atoms with Crippen LogP contribution in [0.4, 0.5) is 0 Å². The zero-order valence-corrected chi connectivity index (χ0v) is 12.5. The van der Waals surface area contributed by atoms with Gasteiger partial charge in [-0.15, -0.1) is 0 Å². The first kappa shape index (κ1) is 15.9. The van der Waals surface area contributed by atoms with E-state index in [9.17, 15) is 19.2 Å². The lowest BCUT2D eigenvalue weighted by molar-refractivity contribution is -0.148. The predicted molar refractivity (Wildman–Crippen MR) is 75.7 cm³/mol. The summed E-state index contributed by atoms with van der Waals surface area (Å²) in [5.41, 5.74) is 0.101. The number of hydrogen-bond donors (Lipinski definition) is 0. The van der Waals surface area contributed by atoms with Gasteiger partial charge in [0, 0.05) is 12.0 Å². The van der Waals surface area contributed by atoms with Crippen LogP contribution in [0.15, 0.2) is 18.2 Å². The second-order valence-corrected chi connectivity index (χ2v) is 5.21. The number of rotatable bonds is 4. The lowest BCUT2D eigenvalue weighted by atomic mass is 10.1. The third kappa shape index (κ3) is 2.77. The smallest absolute Gasteiger partial charge is 0.310 e. The lowest BCUT2D eigenvalue weighted by Crippen LogP contribution is -2.30. The number of ether oxygens (including phenoxy) is 2. The Hall–Kier alpha value is -2.50. The molecule has 0 saturated carbocycles. The molecule has 0 radical (unpaired) electrons. The summed E-state index contributed by atoms with van der Waals surface area (Å²) in [6, 6.07) is 4.39. The molecule has 0 aromatic heterocycles. The Balaban J connectivity index is 2.35. The lowest BCUT2D eigenvalue weighted by Gasteiger charge is -2.11. The minimum Gasteiger partial charge on any atom is -0.445 e. The van der Waals surface area contributed by atoms with Gasteiger partial charge >= 0.3 is 11.9 Å². The minimum absolute atomic E-state index is 0.00384. The van der Waals surface area contributed by atoms with Gasteiger partial charge in [0.15, 0.2) is 0 Å². The molecular formula is C16H16O6. The van der Waals surface area contributed by atoms with Crippen LogP contribution in [0.3, 0.4) is 0 Å². The molecular weight excluding hydrogens is 288 g/mol. The van der Waals surface area contributed by atoms with Crippen molar-refractivity contribution in [3.8, 4) is 5.75 Å². The predicted octanol–water partition coefficient (Wildman–Crippen LogP) is 1.95. The molecule has 1 aromatic rings. The SMILES string of the molecule is CCC(=O)Oc1cccc2c1C(=O)C(OC(=O)C(C)C)C2=O. The van der Waals surface area contributed by atoms with Crippen molar-refractivity contribution in [1.82, 2.24) is 0 Å². The van der Waals surface area contributed by atoms with Crippen molar-refractivity contribution in [2.24, 2.45) is 5.92 Å². The summed E-state index contributed by atoms with van der Waals surface area (Å²) < 4.78 is 10.1. The molecule has 1 aliphatic rings. The van der Waals surface area contributed by atoms with Gasteiger partial charge in [0.1, 0.15) is 5.75 Å². The fourth-order valence-corrected chi connectivity index (χ4v) is 2.02. The summed E-state index contributed by atoms with van der Waals surface area (Å²) in [7, 11) is 0. The maximum absolute atomic E-state index is 12.4. The third-order valence-electron chi connectivity index (χ3n) is 3.23. The Morgan fingerprint density at radius 3 is 2.45 bits per heavy atom. The Bertz CT molecular complexity index is 659. The molecule has 0 amide bonds. The number of carbonyl (C=O) groups excluding carboxylic acids is 4. The van der Waals surface area contributed by atoms with Crippen LogP contribution < -0.4 is 4.74 Å². The molecule has 0 aliphatic heterocycles. The minimum atomic E-state index is -1.49. The average Bonchev–Trinajstić information content (AvgIpc) is 2.73. The number of ketones is 2. The molecule has 1 unspecified atom stereocenters. The monoisotopic (exact) mass is 304 g/mol. The van der Waals surface area contributed by atoms with Crippen molar-refractivity contribution < 1.29 is 28.7 Å². The van der Waals surface area contributed by atoms with Gasteiger partial charge < -0.3 is 9.47 Å². The fraction of sp³-hybridized carbons (Fsp3) is 0.375. The molecule has 1 aromatic carbocycles. The van der Waals surface area contributed by atoms with E-state index in [4.69, 9.17) is 9.47 Å². The van der Waals surface area contributed by atoms with E-state index in [0.717, 1.165) is 0 Å². The topological polar surface area (TPSA) is 86.7 Å². The Morgan fingerprint density at radius 1 is 1.18 bits per heavy atom. The van der Waals surface area contributed by atoms with Crippen molar-refractivity contribution in [2.75, 3.05) is 0 Å². The fourth-order valence-electron chi connectivity index (χ4n) is 2.02. The van der Waals surface area contributed by atoms with Crippen molar-refractivity contribution in [3.05, 3.63) is 29.3 Å². The second-order valence-electron chi connectivity index (χ2n) is 5.21. The van der Waals surface area contributed by atoms with Crippen LogP contribution >= 0.6 is 0 Å². The molecule has 0 heterocycles. The van der Waals surface area contributed by atoms with E-state index in [1.165, 1.54) is 18.2 Å². The maximum atomic E-state index is 12.4. The van der Waals surface area contributed by atoms with Gasteiger partial charge in [-0.25, -0.2) is 0 Å². The standard InChI is InChI=1S/C16H16O6/c1-4-11(17)21-10-7-5-6-9-12(10)14(19)15(13(9)18)22-16(20)8(2)3/h5-8,15H,4H2,1-3H3. The molecule has 116 valence electrons. The molecule has 0 saturated heterocycles. The van der Waals surface area contributed by atoms with Crippen molar-refractivity contribution in [3.63, 3.8) is 0 Å². The number of carbonyl (C=O) groups is 4. The van der Waals surface area contributed by atoms with Crippen LogP contribution in [-0.4, -0.2) is 29.6 Å². The summed E-state index contributed by atoms with van der Waals surface area (Å²) in [5, 5.41) is 0. The van der Waals surface area contributed by atoms with E-state index in [2.05, 4.69) is 0 Å². The van der Waals surface area contributed by atoms with Crippen LogP contribution in [0.5, 0.6) is 5.75 Å². The highest BCUT2D eigenvalue weighted by Gasteiger charge is 2.44. The van der Waals surface area contributed by atoms with E-state index in [-0.39, 0.29) is 23.3 Å². The first-order valence-corrected chi connectivity index (χ1v) is 6.99. The van der Waals surface area contributed by atoms with E-state index in [0.29, 0.717) is 0 Å². The number of hydrogen-bond acceptors (Lipinski definition) is 6. The molecule has 2 rings (SSSR count). The summed E-state index contributed by atoms with van der Waals surface area (Å²) in [5.74, 6) is -2.84. The zero-order valence-electron chi connectivity index (χ0n) is 12.5. The Morgan fingerprint density at radius 2 is 1.86 bits per heavy atom. The van der Waals surface area contributed by atoms with E-state index < -0.39 is 35.5 Å². The van der Waals surface area contributed by atoms with Crippen LogP contribution in [0.25, 0.3) is 0 Å². The molecule has 1 atom stereocenters. The molecule has 0 N–H and O–H groups in total. The van der Waals surface area contributed by atoms with Crippen LogP contribution in [0.2, 0.25) is 0 Å². The van der Waals surface area contributed by atoms with Gasteiger partial charge in [0.05, 0.1) is 11.5 Å². The number of benzene rings is 1. The number of Topliss-reactive ketones (excluding diaryl/α,β-unsaturated/α-hetero) is 2. The van der Waals surface area contributed by atoms with E-state index >= 15 is 0 Å². The van der Waals surface area contributed by atoms with Crippen molar-refractivity contribution in [1.29, 1.82) is 0 Å². The molecule has 0 bridgehead atoms. The Kier molecular flexibility index (Phi) is 4.40. The molecule has 0 spiro atoms. The first-order valence-electron chi connectivity index (χ1n) is 6.99. The molecule has 22 heavy (non-hydrogen) atoms. The molecule has 0 fully saturated rings. The van der Waals surface area contributed by atoms with E-state index in [1.807, 2.05) is 0 Å². The highest BCUT2D eigenvalue weighted by molar-refractivity contribution is 6.30. The van der Waals surface area contributed by atoms with Crippen molar-refractivity contribution in [2.45, 2.75) is 33.3 Å². The second kappa shape index (κ2) is 6.09. The summed E-state index contributed by atoms with van der Waals surface area (Å²) >= 11 is 0. The van der Waals surface area contributed by atoms with Gasteiger partial charge in [-0.05, 0) is 6.07 Å². The normalized spacial score (nSPS) is 16.6. The molecule has 6 heteroatoms. The zero-order chi connectivity index (χ0) is 16.4. The van der Waals surface area contributed by atoms with Gasteiger partial charge in [-0.2, -0.15) is 0 Å². The van der Waals surface area contributed by atoms with Gasteiger partial charge in [-0.3, -0.25) is 19.2 Å². The van der Waals surface area contributed by atoms with Crippen LogP contribution in [0, 0.1) is 5.92 Å².